The Morgan fingerprint density at radius 1 is 0.808 bits per heavy atom. The van der Waals surface area contributed by atoms with Crippen molar-refractivity contribution in [3.05, 3.63) is 40.9 Å². The van der Waals surface area contributed by atoms with Gasteiger partial charge < -0.3 is 15.8 Å². The number of benzene rings is 2. The SMILES string of the molecule is Cl.Cl.NCCCCCCCCNCCOc1ccc2cc(Br)ccc2c1. The summed E-state index contributed by atoms with van der Waals surface area (Å²) in [4.78, 5) is 0. The molecule has 0 heterocycles. The van der Waals surface area contributed by atoms with Crippen molar-refractivity contribution in [1.82, 2.24) is 5.32 Å². The van der Waals surface area contributed by atoms with Crippen LogP contribution < -0.4 is 15.8 Å². The van der Waals surface area contributed by atoms with Gasteiger partial charge in [0.25, 0.3) is 0 Å². The number of hydrogen-bond donors (Lipinski definition) is 2. The van der Waals surface area contributed by atoms with E-state index in [0.29, 0.717) is 6.61 Å². The normalized spacial score (nSPS) is 10.2. The van der Waals surface area contributed by atoms with Crippen molar-refractivity contribution in [2.24, 2.45) is 5.73 Å². The van der Waals surface area contributed by atoms with Gasteiger partial charge in [-0.15, -0.1) is 24.8 Å². The molecule has 2 aromatic rings. The van der Waals surface area contributed by atoms with Crippen molar-refractivity contribution in [2.45, 2.75) is 38.5 Å². The molecule has 0 radical (unpaired) electrons. The van der Waals surface area contributed by atoms with Crippen LogP contribution in [0.2, 0.25) is 0 Å². The third kappa shape index (κ3) is 9.98. The Labute approximate surface area is 178 Å². The van der Waals surface area contributed by atoms with Gasteiger partial charge in [-0.2, -0.15) is 0 Å². The molecule has 26 heavy (non-hydrogen) atoms. The fourth-order valence-electron chi connectivity index (χ4n) is 2.75. The lowest BCUT2D eigenvalue weighted by Crippen LogP contribution is -2.22. The Bertz CT molecular complexity index is 613. The quantitative estimate of drug-likeness (QED) is 0.394. The Kier molecular flexibility index (Phi) is 15.2. The Morgan fingerprint density at radius 2 is 1.46 bits per heavy atom. The molecule has 3 N–H and O–H groups in total. The molecule has 2 aromatic carbocycles. The highest BCUT2D eigenvalue weighted by Crippen LogP contribution is 2.24. The second-order valence-corrected chi connectivity index (χ2v) is 7.08. The lowest BCUT2D eigenvalue weighted by molar-refractivity contribution is 0.314. The molecule has 3 nitrogen and oxygen atoms in total. The van der Waals surface area contributed by atoms with Crippen LogP contribution >= 0.6 is 40.7 Å². The molecular formula is C20H31BrCl2N2O. The Hall–Kier alpha value is -0.520. The maximum atomic E-state index is 5.83. The van der Waals surface area contributed by atoms with E-state index in [1.165, 1.54) is 49.3 Å². The molecule has 0 atom stereocenters. The number of rotatable bonds is 12. The highest BCUT2D eigenvalue weighted by atomic mass is 79.9. The first-order valence-electron chi connectivity index (χ1n) is 9.02. The summed E-state index contributed by atoms with van der Waals surface area (Å²) >= 11 is 3.50. The number of unbranched alkanes of at least 4 members (excludes halogenated alkanes) is 5. The minimum absolute atomic E-state index is 0. The van der Waals surface area contributed by atoms with Gasteiger partial charge in [-0.3, -0.25) is 0 Å². The smallest absolute Gasteiger partial charge is 0.120 e. The van der Waals surface area contributed by atoms with Gasteiger partial charge >= 0.3 is 0 Å². The highest BCUT2D eigenvalue weighted by molar-refractivity contribution is 9.10. The lowest BCUT2D eigenvalue weighted by atomic mass is 10.1. The predicted octanol–water partition coefficient (Wildman–Crippen LogP) is 5.71. The first-order valence-corrected chi connectivity index (χ1v) is 9.82. The summed E-state index contributed by atoms with van der Waals surface area (Å²) in [7, 11) is 0. The van der Waals surface area contributed by atoms with Crippen molar-refractivity contribution < 1.29 is 4.74 Å². The molecular weight excluding hydrogens is 435 g/mol. The Morgan fingerprint density at radius 3 is 2.23 bits per heavy atom. The van der Waals surface area contributed by atoms with Gasteiger partial charge in [0.1, 0.15) is 12.4 Å². The van der Waals surface area contributed by atoms with Crippen molar-refractivity contribution in [3.8, 4) is 5.75 Å². The van der Waals surface area contributed by atoms with Crippen LogP contribution in [-0.2, 0) is 0 Å². The van der Waals surface area contributed by atoms with Crippen molar-refractivity contribution in [3.63, 3.8) is 0 Å². The minimum atomic E-state index is 0. The van der Waals surface area contributed by atoms with Gasteiger partial charge in [0, 0.05) is 11.0 Å². The van der Waals surface area contributed by atoms with Crippen LogP contribution in [-0.4, -0.2) is 26.2 Å². The minimum Gasteiger partial charge on any atom is -0.492 e. The standard InChI is InChI=1S/C20H29BrN2O.2ClH/c21-19-9-7-18-16-20(10-8-17(18)15-19)24-14-13-23-12-6-4-2-1-3-5-11-22;;/h7-10,15-16,23H,1-6,11-14,22H2;2*1H. The number of fused-ring (bicyclic) bond motifs is 1. The van der Waals surface area contributed by atoms with Gasteiger partial charge in [-0.05, 0) is 61.0 Å². The molecule has 0 aromatic heterocycles. The van der Waals surface area contributed by atoms with Crippen molar-refractivity contribution in [2.75, 3.05) is 26.2 Å². The zero-order chi connectivity index (χ0) is 17.0. The molecule has 6 heteroatoms. The van der Waals surface area contributed by atoms with Gasteiger partial charge in [0.2, 0.25) is 0 Å². The van der Waals surface area contributed by atoms with Gasteiger partial charge in [-0.25, -0.2) is 0 Å². The average Bonchev–Trinajstić information content (AvgIpc) is 2.59. The Balaban J connectivity index is 0.00000312. The second kappa shape index (κ2) is 15.5. The molecule has 0 bridgehead atoms. The molecule has 0 saturated carbocycles. The third-order valence-corrected chi connectivity index (χ3v) is 4.62. The molecule has 0 fully saturated rings. The van der Waals surface area contributed by atoms with E-state index >= 15 is 0 Å². The molecule has 0 saturated heterocycles. The van der Waals surface area contributed by atoms with E-state index in [2.05, 4.69) is 51.6 Å². The van der Waals surface area contributed by atoms with Crippen LogP contribution in [0.25, 0.3) is 10.8 Å². The van der Waals surface area contributed by atoms with E-state index in [-0.39, 0.29) is 24.8 Å². The summed E-state index contributed by atoms with van der Waals surface area (Å²) in [5.74, 6) is 0.937. The number of nitrogens with two attached hydrogens (primary N) is 1. The van der Waals surface area contributed by atoms with Crippen LogP contribution in [0, 0.1) is 0 Å². The monoisotopic (exact) mass is 464 g/mol. The molecule has 0 spiro atoms. The van der Waals surface area contributed by atoms with Crippen LogP contribution in [0.1, 0.15) is 38.5 Å². The number of ether oxygens (including phenoxy) is 1. The fraction of sp³-hybridized carbons (Fsp3) is 0.500. The number of hydrogen-bond acceptors (Lipinski definition) is 3. The molecule has 0 aliphatic rings. The van der Waals surface area contributed by atoms with Gasteiger partial charge in [0.05, 0.1) is 0 Å². The van der Waals surface area contributed by atoms with Crippen LogP contribution in [0.4, 0.5) is 0 Å². The first-order chi connectivity index (χ1) is 11.8. The fourth-order valence-corrected chi connectivity index (χ4v) is 3.13. The maximum absolute atomic E-state index is 5.83. The third-order valence-electron chi connectivity index (χ3n) is 4.13. The second-order valence-electron chi connectivity index (χ2n) is 6.16. The number of halogens is 3. The molecule has 0 unspecified atom stereocenters. The maximum Gasteiger partial charge on any atom is 0.120 e. The van der Waals surface area contributed by atoms with Crippen LogP contribution in [0.15, 0.2) is 40.9 Å². The lowest BCUT2D eigenvalue weighted by Gasteiger charge is -2.09. The molecule has 2 rings (SSSR count). The van der Waals surface area contributed by atoms with Crippen LogP contribution in [0.3, 0.4) is 0 Å². The van der Waals surface area contributed by atoms with Crippen molar-refractivity contribution >= 4 is 51.5 Å². The van der Waals surface area contributed by atoms with Gasteiger partial charge in [-0.1, -0.05) is 53.7 Å². The number of nitrogens with one attached hydrogen (secondary N) is 1. The largest absolute Gasteiger partial charge is 0.492 e. The van der Waals surface area contributed by atoms with Crippen LogP contribution in [0.5, 0.6) is 5.75 Å². The van der Waals surface area contributed by atoms with E-state index in [9.17, 15) is 0 Å². The first kappa shape index (κ1) is 25.5. The van der Waals surface area contributed by atoms with E-state index in [1.807, 2.05) is 6.07 Å². The van der Waals surface area contributed by atoms with Crippen molar-refractivity contribution in [1.29, 1.82) is 0 Å². The van der Waals surface area contributed by atoms with E-state index < -0.39 is 0 Å². The summed E-state index contributed by atoms with van der Waals surface area (Å²) in [6.45, 7) is 3.51. The molecule has 148 valence electrons. The summed E-state index contributed by atoms with van der Waals surface area (Å²) in [6, 6.07) is 12.5. The molecule has 0 amide bonds. The summed E-state index contributed by atoms with van der Waals surface area (Å²) in [5.41, 5.74) is 5.49. The average molecular weight is 466 g/mol. The topological polar surface area (TPSA) is 47.3 Å². The van der Waals surface area contributed by atoms with E-state index in [0.717, 1.165) is 29.9 Å². The molecule has 0 aliphatic heterocycles. The van der Waals surface area contributed by atoms with E-state index in [1.54, 1.807) is 0 Å². The van der Waals surface area contributed by atoms with E-state index in [4.69, 9.17) is 10.5 Å². The summed E-state index contributed by atoms with van der Waals surface area (Å²) < 4.78 is 6.93. The zero-order valence-corrected chi connectivity index (χ0v) is 18.4. The summed E-state index contributed by atoms with van der Waals surface area (Å²) in [6.07, 6.45) is 7.64. The van der Waals surface area contributed by atoms with Gasteiger partial charge in [0.15, 0.2) is 0 Å². The highest BCUT2D eigenvalue weighted by Gasteiger charge is 1.99. The zero-order valence-electron chi connectivity index (χ0n) is 15.2. The summed E-state index contributed by atoms with van der Waals surface area (Å²) in [5, 5.41) is 5.88. The predicted molar refractivity (Wildman–Crippen MR) is 121 cm³/mol. The molecule has 0 aliphatic carbocycles.